The van der Waals surface area contributed by atoms with E-state index in [2.05, 4.69) is 0 Å². The van der Waals surface area contributed by atoms with Crippen LogP contribution in [-0.4, -0.2) is 56.7 Å². The van der Waals surface area contributed by atoms with Gasteiger partial charge in [-0.3, -0.25) is 4.79 Å². The number of aliphatic carboxylic acids is 1. The third kappa shape index (κ3) is 3.76. The predicted molar refractivity (Wildman–Crippen MR) is 78.4 cm³/mol. The molecule has 1 heterocycles. The van der Waals surface area contributed by atoms with Gasteiger partial charge in [-0.05, 0) is 37.1 Å². The summed E-state index contributed by atoms with van der Waals surface area (Å²) in [5.41, 5.74) is 0. The van der Waals surface area contributed by atoms with Crippen molar-refractivity contribution in [3.05, 3.63) is 24.3 Å². The number of carboxylic acids is 1. The van der Waals surface area contributed by atoms with Gasteiger partial charge in [0.15, 0.2) is 0 Å². The Morgan fingerprint density at radius 1 is 1.32 bits per heavy atom. The van der Waals surface area contributed by atoms with E-state index in [9.17, 15) is 13.2 Å². The first-order valence-corrected chi connectivity index (χ1v) is 8.34. The van der Waals surface area contributed by atoms with Crippen LogP contribution < -0.4 is 4.74 Å². The first-order chi connectivity index (χ1) is 10.4. The lowest BCUT2D eigenvalue weighted by molar-refractivity contribution is -0.137. The highest BCUT2D eigenvalue weighted by Gasteiger charge is 2.34. The third-order valence-corrected chi connectivity index (χ3v) is 5.47. The second kappa shape index (κ2) is 7.08. The molecule has 2 rings (SSSR count). The molecular formula is C14H19NO6S. The van der Waals surface area contributed by atoms with Gasteiger partial charge in [-0.15, -0.1) is 0 Å². The van der Waals surface area contributed by atoms with Gasteiger partial charge in [-0.25, -0.2) is 8.42 Å². The van der Waals surface area contributed by atoms with E-state index in [0.29, 0.717) is 31.8 Å². The van der Waals surface area contributed by atoms with Gasteiger partial charge < -0.3 is 14.6 Å². The van der Waals surface area contributed by atoms with E-state index >= 15 is 0 Å². The van der Waals surface area contributed by atoms with Crippen molar-refractivity contribution < 1.29 is 27.8 Å². The molecule has 0 amide bonds. The lowest BCUT2D eigenvalue weighted by atomic mass is 10.1. The monoisotopic (exact) mass is 329 g/mol. The van der Waals surface area contributed by atoms with Crippen LogP contribution in [0.3, 0.4) is 0 Å². The summed E-state index contributed by atoms with van der Waals surface area (Å²) in [6.45, 7) is 0.302. The fourth-order valence-electron chi connectivity index (χ4n) is 2.40. The molecule has 1 fully saturated rings. The van der Waals surface area contributed by atoms with E-state index in [1.54, 1.807) is 0 Å². The topological polar surface area (TPSA) is 93.1 Å². The number of rotatable bonds is 6. The normalized spacial score (nSPS) is 16.6. The molecule has 0 atom stereocenters. The van der Waals surface area contributed by atoms with Crippen LogP contribution in [0, 0.1) is 0 Å². The number of nitrogens with zero attached hydrogens (tertiary/aromatic N) is 1. The van der Waals surface area contributed by atoms with Crippen LogP contribution >= 0.6 is 0 Å². The Hall–Kier alpha value is -1.64. The van der Waals surface area contributed by atoms with Crippen molar-refractivity contribution in [3.63, 3.8) is 0 Å². The molecule has 0 bridgehead atoms. The number of carbonyl (C=O) groups is 1. The fraction of sp³-hybridized carbons (Fsp3) is 0.500. The van der Waals surface area contributed by atoms with Crippen molar-refractivity contribution in [3.8, 4) is 5.75 Å². The smallest absolute Gasteiger partial charge is 0.318 e. The third-order valence-electron chi connectivity index (χ3n) is 3.56. The van der Waals surface area contributed by atoms with Crippen LogP contribution in [0.15, 0.2) is 29.2 Å². The van der Waals surface area contributed by atoms with Gasteiger partial charge in [0.2, 0.25) is 10.0 Å². The summed E-state index contributed by atoms with van der Waals surface area (Å²) in [6.07, 6.45) is 0.978. The first-order valence-electron chi connectivity index (χ1n) is 6.90. The molecule has 1 N–H and O–H groups in total. The summed E-state index contributed by atoms with van der Waals surface area (Å²) in [4.78, 5) is 11.1. The molecule has 0 unspecified atom stereocenters. The number of methoxy groups -OCH3 is 1. The highest BCUT2D eigenvalue weighted by Crippen LogP contribution is 2.24. The molecule has 0 aliphatic carbocycles. The van der Waals surface area contributed by atoms with Crippen LogP contribution in [0.1, 0.15) is 12.8 Å². The van der Waals surface area contributed by atoms with E-state index in [-0.39, 0.29) is 10.9 Å². The van der Waals surface area contributed by atoms with Crippen LogP contribution in [-0.2, 0) is 19.6 Å². The Balaban J connectivity index is 2.32. The minimum absolute atomic E-state index is 0.0565. The van der Waals surface area contributed by atoms with E-state index < -0.39 is 22.5 Å². The predicted octanol–water partition coefficient (Wildman–Crippen LogP) is 0.949. The molecule has 0 saturated carbocycles. The highest BCUT2D eigenvalue weighted by molar-refractivity contribution is 7.89. The van der Waals surface area contributed by atoms with E-state index in [4.69, 9.17) is 14.6 Å². The maximum absolute atomic E-state index is 12.7. The number of ether oxygens (including phenoxy) is 2. The molecule has 7 nitrogen and oxygen atoms in total. The SMILES string of the molecule is COc1ccc(S(=O)(=O)N(CC(=O)O)C2CCOCC2)cc1. The summed E-state index contributed by atoms with van der Waals surface area (Å²) in [7, 11) is -2.39. The quantitative estimate of drug-likeness (QED) is 0.835. The summed E-state index contributed by atoms with van der Waals surface area (Å²) < 4.78 is 36.8. The highest BCUT2D eigenvalue weighted by atomic mass is 32.2. The van der Waals surface area contributed by atoms with E-state index in [0.717, 1.165) is 4.31 Å². The maximum atomic E-state index is 12.7. The van der Waals surface area contributed by atoms with Crippen molar-refractivity contribution in [2.24, 2.45) is 0 Å². The first kappa shape index (κ1) is 16.7. The van der Waals surface area contributed by atoms with Gasteiger partial charge in [0.25, 0.3) is 0 Å². The molecule has 0 spiro atoms. The van der Waals surface area contributed by atoms with Crippen molar-refractivity contribution in [2.75, 3.05) is 26.9 Å². The van der Waals surface area contributed by atoms with Gasteiger partial charge in [0.05, 0.1) is 12.0 Å². The largest absolute Gasteiger partial charge is 0.497 e. The summed E-state index contributed by atoms with van der Waals surface area (Å²) in [6, 6.07) is 5.55. The lowest BCUT2D eigenvalue weighted by Gasteiger charge is -2.32. The second-order valence-corrected chi connectivity index (χ2v) is 6.85. The second-order valence-electron chi connectivity index (χ2n) is 4.96. The molecule has 1 aromatic carbocycles. The van der Waals surface area contributed by atoms with Crippen LogP contribution in [0.25, 0.3) is 0 Å². The minimum Gasteiger partial charge on any atom is -0.497 e. The number of carboxylic acid groups (broad SMARTS) is 1. The molecular weight excluding hydrogens is 310 g/mol. The number of sulfonamides is 1. The van der Waals surface area contributed by atoms with Crippen LogP contribution in [0.5, 0.6) is 5.75 Å². The van der Waals surface area contributed by atoms with Gasteiger partial charge in [0.1, 0.15) is 12.3 Å². The van der Waals surface area contributed by atoms with Crippen molar-refractivity contribution in [1.29, 1.82) is 0 Å². The summed E-state index contributed by atoms with van der Waals surface area (Å²) in [5.74, 6) is -0.640. The van der Waals surface area contributed by atoms with Crippen LogP contribution in [0.4, 0.5) is 0 Å². The summed E-state index contributed by atoms with van der Waals surface area (Å²) in [5, 5.41) is 9.05. The van der Waals surface area contributed by atoms with Gasteiger partial charge in [-0.2, -0.15) is 4.31 Å². The molecule has 1 saturated heterocycles. The Kier molecular flexibility index (Phi) is 5.38. The number of benzene rings is 1. The Labute approximate surface area is 129 Å². The van der Waals surface area contributed by atoms with Gasteiger partial charge in [0, 0.05) is 19.3 Å². The minimum atomic E-state index is -3.88. The van der Waals surface area contributed by atoms with Crippen molar-refractivity contribution >= 4 is 16.0 Å². The average Bonchev–Trinajstić information content (AvgIpc) is 2.53. The number of hydrogen-bond donors (Lipinski definition) is 1. The summed E-state index contributed by atoms with van der Waals surface area (Å²) >= 11 is 0. The molecule has 8 heteroatoms. The lowest BCUT2D eigenvalue weighted by Crippen LogP contribution is -2.45. The van der Waals surface area contributed by atoms with Gasteiger partial charge >= 0.3 is 5.97 Å². The zero-order valence-corrected chi connectivity index (χ0v) is 13.1. The van der Waals surface area contributed by atoms with Crippen LogP contribution in [0.2, 0.25) is 0 Å². The van der Waals surface area contributed by atoms with Crippen molar-refractivity contribution in [2.45, 2.75) is 23.8 Å². The molecule has 0 aromatic heterocycles. The van der Waals surface area contributed by atoms with Gasteiger partial charge in [-0.1, -0.05) is 0 Å². The van der Waals surface area contributed by atoms with Crippen molar-refractivity contribution in [1.82, 2.24) is 4.31 Å². The zero-order chi connectivity index (χ0) is 16.2. The average molecular weight is 329 g/mol. The maximum Gasteiger partial charge on any atom is 0.318 e. The molecule has 1 aromatic rings. The molecule has 22 heavy (non-hydrogen) atoms. The Bertz CT molecular complexity index is 607. The van der Waals surface area contributed by atoms with E-state index in [1.807, 2.05) is 0 Å². The standard InChI is InChI=1S/C14H19NO6S/c1-20-12-2-4-13(5-3-12)22(18,19)15(10-14(16)17)11-6-8-21-9-7-11/h2-5,11H,6-10H2,1H3,(H,16,17). The zero-order valence-electron chi connectivity index (χ0n) is 12.3. The number of hydrogen-bond acceptors (Lipinski definition) is 5. The molecule has 1 aliphatic heterocycles. The Morgan fingerprint density at radius 2 is 1.91 bits per heavy atom. The van der Waals surface area contributed by atoms with E-state index in [1.165, 1.54) is 31.4 Å². The fourth-order valence-corrected chi connectivity index (χ4v) is 4.03. The molecule has 0 radical (unpaired) electrons. The Morgan fingerprint density at radius 3 is 2.41 bits per heavy atom. The molecule has 1 aliphatic rings. The molecule has 122 valence electrons.